The highest BCUT2D eigenvalue weighted by atomic mass is 16.2. The second-order valence-corrected chi connectivity index (χ2v) is 3.03. The third-order valence-corrected chi connectivity index (χ3v) is 1.60. The Kier molecular flexibility index (Phi) is 3.24. The Bertz CT molecular complexity index is 363. The fraction of sp³-hybridized carbons (Fsp3) is 0.444. The lowest BCUT2D eigenvalue weighted by molar-refractivity contribution is 0.0930. The van der Waals surface area contributed by atoms with Gasteiger partial charge in [0.2, 0.25) is 5.82 Å². The number of H-pyrrole nitrogens is 1. The van der Waals surface area contributed by atoms with E-state index in [2.05, 4.69) is 26.4 Å². The van der Waals surface area contributed by atoms with Crippen LogP contribution < -0.4 is 5.32 Å². The maximum Gasteiger partial charge on any atom is 0.291 e. The summed E-state index contributed by atoms with van der Waals surface area (Å²) in [4.78, 5) is 15.3. The van der Waals surface area contributed by atoms with Gasteiger partial charge in [0.25, 0.3) is 5.91 Å². The average Bonchev–Trinajstić information content (AvgIpc) is 2.52. The Balaban J connectivity index is 2.55. The molecule has 2 N–H and O–H groups in total. The predicted octanol–water partition coefficient (Wildman–Crippen LogP) is 0.255. The van der Waals surface area contributed by atoms with Crippen LogP contribution in [0, 0.1) is 19.3 Å². The van der Waals surface area contributed by atoms with Crippen LogP contribution in [0.2, 0.25) is 0 Å². The van der Waals surface area contributed by atoms with Gasteiger partial charge in [-0.05, 0) is 13.8 Å². The molecule has 0 bridgehead atoms. The maximum atomic E-state index is 11.4. The number of rotatable bonds is 3. The molecule has 0 aliphatic carbocycles. The molecule has 0 fully saturated rings. The molecule has 0 aliphatic rings. The van der Waals surface area contributed by atoms with Gasteiger partial charge in [-0.1, -0.05) is 0 Å². The van der Waals surface area contributed by atoms with Gasteiger partial charge in [0, 0.05) is 12.5 Å². The van der Waals surface area contributed by atoms with E-state index >= 15 is 0 Å². The summed E-state index contributed by atoms with van der Waals surface area (Å²) in [7, 11) is 0. The first-order valence-corrected chi connectivity index (χ1v) is 4.27. The first kappa shape index (κ1) is 10.3. The van der Waals surface area contributed by atoms with Gasteiger partial charge in [0.05, 0.1) is 0 Å². The van der Waals surface area contributed by atoms with E-state index in [9.17, 15) is 4.79 Å². The zero-order valence-electron chi connectivity index (χ0n) is 8.16. The molecule has 1 unspecified atom stereocenters. The topological polar surface area (TPSA) is 70.7 Å². The van der Waals surface area contributed by atoms with Gasteiger partial charge in [0.1, 0.15) is 5.82 Å². The molecule has 1 atom stereocenters. The SMILES string of the molecule is C#CCC(C)NC(=O)c1n[nH]c(C)n1. The Morgan fingerprint density at radius 2 is 2.50 bits per heavy atom. The third-order valence-electron chi connectivity index (χ3n) is 1.60. The number of terminal acetylenes is 1. The average molecular weight is 192 g/mol. The molecule has 74 valence electrons. The summed E-state index contributed by atoms with van der Waals surface area (Å²) in [6.45, 7) is 3.56. The van der Waals surface area contributed by atoms with Crippen LogP contribution in [0.1, 0.15) is 29.8 Å². The molecule has 0 aromatic carbocycles. The summed E-state index contributed by atoms with van der Waals surface area (Å²) < 4.78 is 0. The molecule has 1 amide bonds. The Labute approximate surface area is 82.3 Å². The van der Waals surface area contributed by atoms with Crippen LogP contribution in [0.3, 0.4) is 0 Å². The Morgan fingerprint density at radius 3 is 3.00 bits per heavy atom. The summed E-state index contributed by atoms with van der Waals surface area (Å²) in [5.74, 6) is 2.91. The van der Waals surface area contributed by atoms with Crippen LogP contribution in [0.15, 0.2) is 0 Å². The van der Waals surface area contributed by atoms with Crippen molar-refractivity contribution in [1.29, 1.82) is 0 Å². The van der Waals surface area contributed by atoms with Gasteiger partial charge in [-0.15, -0.1) is 17.4 Å². The number of aromatic nitrogens is 3. The highest BCUT2D eigenvalue weighted by Gasteiger charge is 2.12. The number of aromatic amines is 1. The van der Waals surface area contributed by atoms with Gasteiger partial charge >= 0.3 is 0 Å². The molecule has 0 saturated heterocycles. The van der Waals surface area contributed by atoms with E-state index in [0.29, 0.717) is 12.2 Å². The van der Waals surface area contributed by atoms with Crippen molar-refractivity contribution in [3.05, 3.63) is 11.6 Å². The smallest absolute Gasteiger partial charge is 0.291 e. The Hall–Kier alpha value is -1.83. The second kappa shape index (κ2) is 4.42. The van der Waals surface area contributed by atoms with Gasteiger partial charge in [-0.3, -0.25) is 9.89 Å². The van der Waals surface area contributed by atoms with Gasteiger partial charge < -0.3 is 5.32 Å². The molecule has 0 radical (unpaired) electrons. The molecule has 1 aromatic rings. The number of amides is 1. The minimum Gasteiger partial charge on any atom is -0.346 e. The summed E-state index contributed by atoms with van der Waals surface area (Å²) >= 11 is 0. The minimum atomic E-state index is -0.308. The molecule has 1 rings (SSSR count). The third kappa shape index (κ3) is 2.59. The highest BCUT2D eigenvalue weighted by molar-refractivity contribution is 5.90. The fourth-order valence-corrected chi connectivity index (χ4v) is 0.960. The van der Waals surface area contributed by atoms with E-state index in [1.807, 2.05) is 6.92 Å². The summed E-state index contributed by atoms with van der Waals surface area (Å²) in [5, 5.41) is 9.01. The van der Waals surface area contributed by atoms with Gasteiger partial charge in [0.15, 0.2) is 0 Å². The van der Waals surface area contributed by atoms with E-state index in [0.717, 1.165) is 0 Å². The molecule has 0 spiro atoms. The predicted molar refractivity (Wildman–Crippen MR) is 51.5 cm³/mol. The maximum absolute atomic E-state index is 11.4. The summed E-state index contributed by atoms with van der Waals surface area (Å²) in [6.07, 6.45) is 5.60. The number of nitrogens with one attached hydrogen (secondary N) is 2. The first-order chi connectivity index (χ1) is 6.63. The second-order valence-electron chi connectivity index (χ2n) is 3.03. The number of hydrogen-bond donors (Lipinski definition) is 2. The van der Waals surface area contributed by atoms with Crippen molar-refractivity contribution >= 4 is 5.91 Å². The monoisotopic (exact) mass is 192 g/mol. The van der Waals surface area contributed by atoms with Crippen molar-refractivity contribution in [2.75, 3.05) is 0 Å². The molecule has 14 heavy (non-hydrogen) atoms. The van der Waals surface area contributed by atoms with Crippen LogP contribution in [-0.4, -0.2) is 27.1 Å². The molecule has 5 heteroatoms. The first-order valence-electron chi connectivity index (χ1n) is 4.27. The lowest BCUT2D eigenvalue weighted by Crippen LogP contribution is -2.32. The number of hydrogen-bond acceptors (Lipinski definition) is 3. The zero-order chi connectivity index (χ0) is 10.6. The van der Waals surface area contributed by atoms with Crippen molar-refractivity contribution in [3.8, 4) is 12.3 Å². The summed E-state index contributed by atoms with van der Waals surface area (Å²) in [5.41, 5.74) is 0. The molecular formula is C9H12N4O. The number of carbonyl (C=O) groups excluding carboxylic acids is 1. The van der Waals surface area contributed by atoms with E-state index in [4.69, 9.17) is 6.42 Å². The molecule has 0 aliphatic heterocycles. The number of nitrogens with zero attached hydrogens (tertiary/aromatic N) is 2. The molecule has 1 heterocycles. The zero-order valence-corrected chi connectivity index (χ0v) is 8.16. The standard InChI is InChI=1S/C9H12N4O/c1-4-5-6(2)10-9(14)8-11-7(3)12-13-8/h1,6H,5H2,2-3H3,(H,10,14)(H,11,12,13). The van der Waals surface area contributed by atoms with E-state index in [1.54, 1.807) is 6.92 Å². The minimum absolute atomic E-state index is 0.0636. The van der Waals surface area contributed by atoms with Crippen LogP contribution in [-0.2, 0) is 0 Å². The molecule has 5 nitrogen and oxygen atoms in total. The lowest BCUT2D eigenvalue weighted by Gasteiger charge is -2.07. The Morgan fingerprint density at radius 1 is 1.79 bits per heavy atom. The number of carbonyl (C=O) groups is 1. The van der Waals surface area contributed by atoms with Gasteiger partial charge in [-0.25, -0.2) is 4.98 Å². The van der Waals surface area contributed by atoms with Crippen LogP contribution >= 0.6 is 0 Å². The van der Waals surface area contributed by atoms with Crippen molar-refractivity contribution < 1.29 is 4.79 Å². The van der Waals surface area contributed by atoms with E-state index in [1.165, 1.54) is 0 Å². The molecular weight excluding hydrogens is 180 g/mol. The van der Waals surface area contributed by atoms with Crippen molar-refractivity contribution in [2.45, 2.75) is 26.3 Å². The quantitative estimate of drug-likeness (QED) is 0.674. The van der Waals surface area contributed by atoms with Crippen LogP contribution in [0.25, 0.3) is 0 Å². The van der Waals surface area contributed by atoms with Crippen LogP contribution in [0.4, 0.5) is 0 Å². The van der Waals surface area contributed by atoms with E-state index < -0.39 is 0 Å². The number of aryl methyl sites for hydroxylation is 1. The van der Waals surface area contributed by atoms with Crippen LogP contribution in [0.5, 0.6) is 0 Å². The fourth-order valence-electron chi connectivity index (χ4n) is 0.960. The van der Waals surface area contributed by atoms with Crippen molar-refractivity contribution in [3.63, 3.8) is 0 Å². The largest absolute Gasteiger partial charge is 0.346 e. The van der Waals surface area contributed by atoms with Crippen molar-refractivity contribution in [1.82, 2.24) is 20.5 Å². The molecule has 0 saturated carbocycles. The molecule has 1 aromatic heterocycles. The highest BCUT2D eigenvalue weighted by Crippen LogP contribution is 1.94. The normalized spacial score (nSPS) is 11.8. The lowest BCUT2D eigenvalue weighted by atomic mass is 10.2. The summed E-state index contributed by atoms with van der Waals surface area (Å²) in [6, 6.07) is -0.0636. The van der Waals surface area contributed by atoms with Crippen molar-refractivity contribution in [2.24, 2.45) is 0 Å². The van der Waals surface area contributed by atoms with Gasteiger partial charge in [-0.2, -0.15) is 0 Å². The van der Waals surface area contributed by atoms with E-state index in [-0.39, 0.29) is 17.8 Å².